The van der Waals surface area contributed by atoms with Gasteiger partial charge in [-0.2, -0.15) is 0 Å². The second-order valence-corrected chi connectivity index (χ2v) is 8.66. The minimum atomic E-state index is 0.00214. The highest BCUT2D eigenvalue weighted by atomic mass is 16.5. The van der Waals surface area contributed by atoms with E-state index >= 15 is 0 Å². The number of carbonyl (C=O) groups excluding carboxylic acids is 1. The van der Waals surface area contributed by atoms with Gasteiger partial charge in [0.25, 0.3) is 0 Å². The van der Waals surface area contributed by atoms with Crippen molar-refractivity contribution in [1.82, 2.24) is 20.0 Å². The average Bonchev–Trinajstić information content (AvgIpc) is 3.45. The van der Waals surface area contributed by atoms with Crippen molar-refractivity contribution in [3.8, 4) is 11.3 Å². The maximum absolute atomic E-state index is 13.2. The number of hydrogen-bond acceptors (Lipinski definition) is 5. The molecule has 29 heavy (non-hydrogen) atoms. The molecular weight excluding hydrogens is 364 g/mol. The molecule has 1 saturated carbocycles. The van der Waals surface area contributed by atoms with Crippen molar-refractivity contribution in [3.05, 3.63) is 29.0 Å². The molecule has 6 nitrogen and oxygen atoms in total. The summed E-state index contributed by atoms with van der Waals surface area (Å²) in [5.74, 6) is 2.42. The van der Waals surface area contributed by atoms with E-state index < -0.39 is 0 Å². The van der Waals surface area contributed by atoms with Crippen molar-refractivity contribution in [3.63, 3.8) is 0 Å². The monoisotopic (exact) mass is 396 g/mol. The first-order chi connectivity index (χ1) is 14.1. The van der Waals surface area contributed by atoms with Crippen LogP contribution in [0.1, 0.15) is 87.1 Å². The lowest BCUT2D eigenvalue weighted by Crippen LogP contribution is -2.32. The maximum atomic E-state index is 13.2. The zero-order valence-corrected chi connectivity index (χ0v) is 17.9. The highest BCUT2D eigenvalue weighted by Gasteiger charge is 2.35. The minimum absolute atomic E-state index is 0.00214. The van der Waals surface area contributed by atoms with E-state index in [1.807, 2.05) is 20.0 Å². The molecule has 6 heteroatoms. The van der Waals surface area contributed by atoms with Gasteiger partial charge in [-0.25, -0.2) is 9.97 Å². The standard InChI is InChI=1S/C23H32N4O2/c1-4-8-20-24-14-18(23-15(2)16(3)26-29-23)22(25-20)19-11-7-12-27(19)21(28)13-17-9-5-6-10-17/h14,17,19H,4-13H2,1-3H3/t19-/m1/s1. The lowest BCUT2D eigenvalue weighted by Gasteiger charge is -2.27. The number of hydrogen-bond donors (Lipinski definition) is 0. The number of amides is 1. The van der Waals surface area contributed by atoms with Gasteiger partial charge in [-0.15, -0.1) is 0 Å². The number of rotatable bonds is 6. The second kappa shape index (κ2) is 8.64. The Kier molecular flexibility index (Phi) is 5.97. The van der Waals surface area contributed by atoms with Gasteiger partial charge in [0, 0.05) is 31.1 Å². The summed E-state index contributed by atoms with van der Waals surface area (Å²) in [4.78, 5) is 24.8. The number of aromatic nitrogens is 3. The maximum Gasteiger partial charge on any atom is 0.223 e. The third kappa shape index (κ3) is 4.07. The summed E-state index contributed by atoms with van der Waals surface area (Å²) < 4.78 is 5.65. The van der Waals surface area contributed by atoms with Crippen LogP contribution in [-0.2, 0) is 11.2 Å². The number of likely N-dealkylation sites (tertiary alicyclic amines) is 1. The summed E-state index contributed by atoms with van der Waals surface area (Å²) in [6.45, 7) is 6.91. The molecule has 2 aromatic rings. The zero-order chi connectivity index (χ0) is 20.4. The fraction of sp³-hybridized carbons (Fsp3) is 0.652. The van der Waals surface area contributed by atoms with Crippen molar-refractivity contribution in [2.24, 2.45) is 5.92 Å². The molecule has 2 aromatic heterocycles. The molecule has 1 aliphatic heterocycles. The highest BCUT2D eigenvalue weighted by molar-refractivity contribution is 5.78. The van der Waals surface area contributed by atoms with Crippen LogP contribution in [0.2, 0.25) is 0 Å². The molecule has 4 rings (SSSR count). The van der Waals surface area contributed by atoms with Crippen LogP contribution < -0.4 is 0 Å². The summed E-state index contributed by atoms with van der Waals surface area (Å²) in [7, 11) is 0. The molecule has 0 radical (unpaired) electrons. The van der Waals surface area contributed by atoms with Crippen molar-refractivity contribution in [2.75, 3.05) is 6.54 Å². The van der Waals surface area contributed by atoms with E-state index in [0.29, 0.717) is 12.3 Å². The Morgan fingerprint density at radius 2 is 2.00 bits per heavy atom. The Bertz CT molecular complexity index is 870. The van der Waals surface area contributed by atoms with Crippen LogP contribution >= 0.6 is 0 Å². The predicted octanol–water partition coefficient (Wildman–Crippen LogP) is 4.94. The fourth-order valence-corrected chi connectivity index (χ4v) is 4.80. The van der Waals surface area contributed by atoms with Crippen molar-refractivity contribution < 1.29 is 9.32 Å². The Labute approximate surface area is 173 Å². The molecule has 1 aliphatic carbocycles. The Morgan fingerprint density at radius 1 is 1.21 bits per heavy atom. The van der Waals surface area contributed by atoms with Crippen molar-refractivity contribution >= 4 is 5.91 Å². The molecule has 0 N–H and O–H groups in total. The summed E-state index contributed by atoms with van der Waals surface area (Å²) in [5.41, 5.74) is 3.71. The topological polar surface area (TPSA) is 72.1 Å². The summed E-state index contributed by atoms with van der Waals surface area (Å²) in [6.07, 6.45) is 11.3. The summed E-state index contributed by atoms with van der Waals surface area (Å²) >= 11 is 0. The third-order valence-corrected chi connectivity index (χ3v) is 6.57. The molecule has 156 valence electrons. The van der Waals surface area contributed by atoms with E-state index in [9.17, 15) is 4.79 Å². The summed E-state index contributed by atoms with van der Waals surface area (Å²) in [5, 5.41) is 4.13. The highest BCUT2D eigenvalue weighted by Crippen LogP contribution is 2.39. The molecule has 3 heterocycles. The van der Waals surface area contributed by atoms with Crippen LogP contribution in [-0.4, -0.2) is 32.5 Å². The lowest BCUT2D eigenvalue weighted by atomic mass is 9.99. The van der Waals surface area contributed by atoms with Gasteiger partial charge < -0.3 is 9.42 Å². The van der Waals surface area contributed by atoms with Crippen molar-refractivity contribution in [1.29, 1.82) is 0 Å². The molecule has 0 spiro atoms. The van der Waals surface area contributed by atoms with E-state index in [2.05, 4.69) is 22.0 Å². The van der Waals surface area contributed by atoms with Gasteiger partial charge in [-0.1, -0.05) is 24.9 Å². The first-order valence-electron chi connectivity index (χ1n) is 11.2. The molecule has 1 saturated heterocycles. The number of aryl methyl sites for hydroxylation is 2. The van der Waals surface area contributed by atoms with Gasteiger partial charge >= 0.3 is 0 Å². The SMILES string of the molecule is CCCc1ncc(-c2onc(C)c2C)c([C@H]2CCCN2C(=O)CC2CCCC2)n1. The van der Waals surface area contributed by atoms with Gasteiger partial charge in [0.1, 0.15) is 5.82 Å². The first-order valence-corrected chi connectivity index (χ1v) is 11.2. The van der Waals surface area contributed by atoms with Crippen LogP contribution in [0, 0.1) is 19.8 Å². The van der Waals surface area contributed by atoms with Gasteiger partial charge in [-0.05, 0) is 51.9 Å². The normalized spacial score (nSPS) is 20.0. The van der Waals surface area contributed by atoms with Gasteiger partial charge in [-0.3, -0.25) is 4.79 Å². The van der Waals surface area contributed by atoms with E-state index in [-0.39, 0.29) is 11.9 Å². The van der Waals surface area contributed by atoms with E-state index in [1.165, 1.54) is 25.7 Å². The summed E-state index contributed by atoms with van der Waals surface area (Å²) in [6, 6.07) is 0.00214. The van der Waals surface area contributed by atoms with Crippen LogP contribution in [0.5, 0.6) is 0 Å². The molecule has 2 aliphatic rings. The van der Waals surface area contributed by atoms with E-state index in [0.717, 1.165) is 66.3 Å². The zero-order valence-electron chi connectivity index (χ0n) is 17.9. The second-order valence-electron chi connectivity index (χ2n) is 8.66. The van der Waals surface area contributed by atoms with Gasteiger partial charge in [0.15, 0.2) is 5.76 Å². The molecule has 0 aromatic carbocycles. The van der Waals surface area contributed by atoms with Gasteiger partial charge in [0.05, 0.1) is 23.0 Å². The van der Waals surface area contributed by atoms with Crippen molar-refractivity contribution in [2.45, 2.75) is 84.6 Å². The third-order valence-electron chi connectivity index (χ3n) is 6.57. The Hall–Kier alpha value is -2.24. The molecule has 0 bridgehead atoms. The average molecular weight is 397 g/mol. The number of nitrogens with zero attached hydrogens (tertiary/aromatic N) is 4. The largest absolute Gasteiger partial charge is 0.356 e. The van der Waals surface area contributed by atoms with Gasteiger partial charge in [0.2, 0.25) is 5.91 Å². The fourth-order valence-electron chi connectivity index (χ4n) is 4.80. The Balaban J connectivity index is 1.68. The number of carbonyl (C=O) groups is 1. The molecule has 0 unspecified atom stereocenters. The molecule has 1 atom stereocenters. The van der Waals surface area contributed by atoms with Crippen LogP contribution in [0.25, 0.3) is 11.3 Å². The van der Waals surface area contributed by atoms with Crippen LogP contribution in [0.4, 0.5) is 0 Å². The lowest BCUT2D eigenvalue weighted by molar-refractivity contribution is -0.133. The predicted molar refractivity (Wildman–Crippen MR) is 111 cm³/mol. The van der Waals surface area contributed by atoms with Crippen LogP contribution in [0.15, 0.2) is 10.7 Å². The first kappa shape index (κ1) is 20.0. The molecule has 2 fully saturated rings. The smallest absolute Gasteiger partial charge is 0.223 e. The van der Waals surface area contributed by atoms with Crippen LogP contribution in [0.3, 0.4) is 0 Å². The molecule has 1 amide bonds. The Morgan fingerprint density at radius 3 is 2.69 bits per heavy atom. The van der Waals surface area contributed by atoms with E-state index in [1.54, 1.807) is 0 Å². The van der Waals surface area contributed by atoms with E-state index in [4.69, 9.17) is 9.51 Å². The minimum Gasteiger partial charge on any atom is -0.356 e. The molecular formula is C23H32N4O2. The quantitative estimate of drug-likeness (QED) is 0.691.